The predicted molar refractivity (Wildman–Crippen MR) is 75.8 cm³/mol. The van der Waals surface area contributed by atoms with Crippen LogP contribution in [0.25, 0.3) is 0 Å². The third-order valence-corrected chi connectivity index (χ3v) is 7.06. The first-order valence-electron chi connectivity index (χ1n) is 7.44. The first-order chi connectivity index (χ1) is 9.05. The number of rotatable bonds is 2. The molecule has 0 aromatic carbocycles. The highest BCUT2D eigenvalue weighted by atomic mass is 32.2. The Kier molecular flexibility index (Phi) is 3.62. The van der Waals surface area contributed by atoms with E-state index in [0.717, 1.165) is 26.1 Å². The van der Waals surface area contributed by atoms with Gasteiger partial charge < -0.3 is 5.73 Å². The summed E-state index contributed by atoms with van der Waals surface area (Å²) in [5.41, 5.74) is 5.69. The molecule has 2 unspecified atom stereocenters. The Morgan fingerprint density at radius 3 is 2.74 bits per heavy atom. The third-order valence-electron chi connectivity index (χ3n) is 5.26. The smallest absolute Gasteiger partial charge is 0.152 e. The van der Waals surface area contributed by atoms with Gasteiger partial charge >= 0.3 is 0 Å². The maximum atomic E-state index is 11.8. The Labute approximate surface area is 116 Å². The molecule has 2 N–H and O–H groups in total. The molecule has 0 spiro atoms. The van der Waals surface area contributed by atoms with E-state index in [4.69, 9.17) is 5.73 Å². The molecule has 3 rings (SSSR count). The summed E-state index contributed by atoms with van der Waals surface area (Å²) in [6, 6.07) is 0.620. The van der Waals surface area contributed by atoms with Gasteiger partial charge in [-0.25, -0.2) is 8.42 Å². The van der Waals surface area contributed by atoms with Crippen molar-refractivity contribution in [1.82, 2.24) is 9.80 Å². The van der Waals surface area contributed by atoms with E-state index in [1.807, 2.05) is 0 Å². The summed E-state index contributed by atoms with van der Waals surface area (Å²) in [6.45, 7) is 4.74. The third kappa shape index (κ3) is 2.55. The number of sulfone groups is 1. The van der Waals surface area contributed by atoms with Crippen LogP contribution in [0.3, 0.4) is 0 Å². The van der Waals surface area contributed by atoms with E-state index in [2.05, 4.69) is 9.80 Å². The zero-order valence-electron chi connectivity index (χ0n) is 11.6. The number of fused-ring (bicyclic) bond motifs is 1. The maximum absolute atomic E-state index is 11.8. The summed E-state index contributed by atoms with van der Waals surface area (Å²) in [5.74, 6) is 0.582. The summed E-state index contributed by atoms with van der Waals surface area (Å²) < 4.78 is 23.7. The molecule has 0 aliphatic carbocycles. The molecule has 3 fully saturated rings. The van der Waals surface area contributed by atoms with Gasteiger partial charge in [0.05, 0.1) is 11.5 Å². The molecule has 19 heavy (non-hydrogen) atoms. The van der Waals surface area contributed by atoms with Gasteiger partial charge in [-0.2, -0.15) is 0 Å². The van der Waals surface area contributed by atoms with Gasteiger partial charge in [-0.3, -0.25) is 9.80 Å². The summed E-state index contributed by atoms with van der Waals surface area (Å²) in [5, 5.41) is 0. The molecule has 2 atom stereocenters. The van der Waals surface area contributed by atoms with Gasteiger partial charge in [-0.05, 0) is 25.8 Å². The lowest BCUT2D eigenvalue weighted by Crippen LogP contribution is -2.64. The molecule has 0 saturated carbocycles. The summed E-state index contributed by atoms with van der Waals surface area (Å²) >= 11 is 0. The fourth-order valence-electron chi connectivity index (χ4n) is 4.03. The van der Waals surface area contributed by atoms with Crippen LogP contribution < -0.4 is 5.73 Å². The van der Waals surface area contributed by atoms with Crippen LogP contribution in [0.2, 0.25) is 0 Å². The van der Waals surface area contributed by atoms with Crippen molar-refractivity contribution in [2.24, 2.45) is 5.73 Å². The molecule has 0 bridgehead atoms. The Morgan fingerprint density at radius 1 is 1.21 bits per heavy atom. The van der Waals surface area contributed by atoms with Crippen molar-refractivity contribution in [2.45, 2.75) is 37.3 Å². The SMILES string of the molecule is NCC1(N2CCN3CCCCC3C2)CCS(=O)(=O)C1. The van der Waals surface area contributed by atoms with E-state index >= 15 is 0 Å². The van der Waals surface area contributed by atoms with E-state index in [1.165, 1.54) is 25.8 Å². The van der Waals surface area contributed by atoms with Gasteiger partial charge in [0.1, 0.15) is 0 Å². The highest BCUT2D eigenvalue weighted by molar-refractivity contribution is 7.91. The Hall–Kier alpha value is -0.170. The van der Waals surface area contributed by atoms with Gasteiger partial charge in [0, 0.05) is 37.8 Å². The number of piperazine rings is 1. The van der Waals surface area contributed by atoms with E-state index in [0.29, 0.717) is 18.3 Å². The number of hydrogen-bond donors (Lipinski definition) is 1. The molecule has 3 aliphatic heterocycles. The Morgan fingerprint density at radius 2 is 2.05 bits per heavy atom. The molecule has 0 aromatic rings. The second-order valence-electron chi connectivity index (χ2n) is 6.40. The maximum Gasteiger partial charge on any atom is 0.152 e. The largest absolute Gasteiger partial charge is 0.329 e. The Balaban J connectivity index is 1.74. The van der Waals surface area contributed by atoms with E-state index in [-0.39, 0.29) is 11.3 Å². The lowest BCUT2D eigenvalue weighted by Gasteiger charge is -2.50. The predicted octanol–water partition coefficient (Wildman–Crippen LogP) is -0.327. The van der Waals surface area contributed by atoms with Crippen LogP contribution in [0, 0.1) is 0 Å². The molecular weight excluding hydrogens is 262 g/mol. The van der Waals surface area contributed by atoms with Crippen molar-refractivity contribution in [3.63, 3.8) is 0 Å². The lowest BCUT2D eigenvalue weighted by molar-refractivity contribution is -0.00158. The van der Waals surface area contributed by atoms with Crippen molar-refractivity contribution < 1.29 is 8.42 Å². The van der Waals surface area contributed by atoms with Crippen LogP contribution in [0.5, 0.6) is 0 Å². The highest BCUT2D eigenvalue weighted by Gasteiger charge is 2.47. The molecule has 110 valence electrons. The van der Waals surface area contributed by atoms with Crippen LogP contribution >= 0.6 is 0 Å². The van der Waals surface area contributed by atoms with Crippen molar-refractivity contribution >= 4 is 9.84 Å². The van der Waals surface area contributed by atoms with E-state index < -0.39 is 9.84 Å². The molecule has 3 saturated heterocycles. The van der Waals surface area contributed by atoms with Crippen LogP contribution in [-0.2, 0) is 9.84 Å². The van der Waals surface area contributed by atoms with Crippen LogP contribution in [-0.4, -0.2) is 74.0 Å². The van der Waals surface area contributed by atoms with Gasteiger partial charge in [-0.15, -0.1) is 0 Å². The van der Waals surface area contributed by atoms with E-state index in [9.17, 15) is 8.42 Å². The second kappa shape index (κ2) is 4.98. The fraction of sp³-hybridized carbons (Fsp3) is 1.00. The molecule has 6 heteroatoms. The zero-order chi connectivity index (χ0) is 13.5. The Bertz CT molecular complexity index is 439. The topological polar surface area (TPSA) is 66.6 Å². The van der Waals surface area contributed by atoms with Crippen molar-refractivity contribution in [2.75, 3.05) is 44.2 Å². The van der Waals surface area contributed by atoms with Crippen molar-refractivity contribution in [3.8, 4) is 0 Å². The second-order valence-corrected chi connectivity index (χ2v) is 8.59. The molecule has 0 radical (unpaired) electrons. The van der Waals surface area contributed by atoms with Crippen LogP contribution in [0.1, 0.15) is 25.7 Å². The van der Waals surface area contributed by atoms with Crippen molar-refractivity contribution in [1.29, 1.82) is 0 Å². The summed E-state index contributed by atoms with van der Waals surface area (Å²) in [6.07, 6.45) is 4.60. The van der Waals surface area contributed by atoms with Crippen molar-refractivity contribution in [3.05, 3.63) is 0 Å². The summed E-state index contributed by atoms with van der Waals surface area (Å²) in [7, 11) is -2.88. The number of hydrogen-bond acceptors (Lipinski definition) is 5. The summed E-state index contributed by atoms with van der Waals surface area (Å²) in [4.78, 5) is 4.97. The highest BCUT2D eigenvalue weighted by Crippen LogP contribution is 2.32. The monoisotopic (exact) mass is 287 g/mol. The first-order valence-corrected chi connectivity index (χ1v) is 9.26. The normalized spacial score (nSPS) is 40.2. The standard InChI is InChI=1S/C13H25N3O2S/c14-10-13(4-8-19(17,18)11-13)16-7-6-15-5-2-1-3-12(15)9-16/h12H,1-11,14H2. The quantitative estimate of drug-likeness (QED) is 0.753. The molecule has 3 heterocycles. The number of nitrogens with zero attached hydrogens (tertiary/aromatic N) is 2. The minimum Gasteiger partial charge on any atom is -0.329 e. The molecular formula is C13H25N3O2S. The van der Waals surface area contributed by atoms with Gasteiger partial charge in [0.25, 0.3) is 0 Å². The first kappa shape index (κ1) is 13.8. The van der Waals surface area contributed by atoms with E-state index in [1.54, 1.807) is 0 Å². The van der Waals surface area contributed by atoms with Gasteiger partial charge in [-0.1, -0.05) is 6.42 Å². The molecule has 5 nitrogen and oxygen atoms in total. The minimum atomic E-state index is -2.88. The minimum absolute atomic E-state index is 0.267. The van der Waals surface area contributed by atoms with Crippen LogP contribution in [0.15, 0.2) is 0 Å². The molecule has 0 amide bonds. The molecule has 3 aliphatic rings. The van der Waals surface area contributed by atoms with Gasteiger partial charge in [0.2, 0.25) is 0 Å². The zero-order valence-corrected chi connectivity index (χ0v) is 12.4. The number of piperidine rings is 1. The number of nitrogens with two attached hydrogens (primary N) is 1. The average molecular weight is 287 g/mol. The van der Waals surface area contributed by atoms with Crippen LogP contribution in [0.4, 0.5) is 0 Å². The fourth-order valence-corrected chi connectivity index (χ4v) is 6.12. The molecule has 0 aromatic heterocycles. The average Bonchev–Trinajstić information content (AvgIpc) is 2.75. The van der Waals surface area contributed by atoms with Gasteiger partial charge in [0.15, 0.2) is 9.84 Å². The lowest BCUT2D eigenvalue weighted by atomic mass is 9.92.